The molecule has 0 N–H and O–H groups in total. The van der Waals surface area contributed by atoms with Gasteiger partial charge in [0.2, 0.25) is 5.91 Å². The van der Waals surface area contributed by atoms with E-state index in [4.69, 9.17) is 13.9 Å². The maximum atomic E-state index is 12.8. The fraction of sp³-hybridized carbons (Fsp3) is 0.318. The summed E-state index contributed by atoms with van der Waals surface area (Å²) in [7, 11) is 3.29. The topological polar surface area (TPSA) is 55.2 Å². The fourth-order valence-corrected chi connectivity index (χ4v) is 3.61. The van der Waals surface area contributed by atoms with E-state index in [1.165, 1.54) is 0 Å². The molecule has 6 heteroatoms. The van der Waals surface area contributed by atoms with Crippen LogP contribution >= 0.6 is 0 Å². The van der Waals surface area contributed by atoms with Crippen molar-refractivity contribution in [2.45, 2.75) is 6.42 Å². The zero-order chi connectivity index (χ0) is 19.5. The van der Waals surface area contributed by atoms with Gasteiger partial charge in [0.1, 0.15) is 17.1 Å². The Hall–Kier alpha value is -3.15. The first-order valence-electron chi connectivity index (χ1n) is 9.39. The van der Waals surface area contributed by atoms with E-state index in [-0.39, 0.29) is 5.91 Å². The summed E-state index contributed by atoms with van der Waals surface area (Å²) in [5.41, 5.74) is 2.81. The second kappa shape index (κ2) is 7.84. The van der Waals surface area contributed by atoms with Crippen molar-refractivity contribution < 1.29 is 18.7 Å². The van der Waals surface area contributed by atoms with Crippen molar-refractivity contribution >= 4 is 22.6 Å². The molecule has 0 radical (unpaired) electrons. The molecule has 0 aliphatic carbocycles. The van der Waals surface area contributed by atoms with E-state index < -0.39 is 0 Å². The number of ether oxygens (including phenoxy) is 2. The predicted octanol–water partition coefficient (Wildman–Crippen LogP) is 3.34. The van der Waals surface area contributed by atoms with Crippen LogP contribution in [0.1, 0.15) is 5.56 Å². The lowest BCUT2D eigenvalue weighted by Gasteiger charge is -2.36. The minimum Gasteiger partial charge on any atom is -0.497 e. The van der Waals surface area contributed by atoms with Crippen molar-refractivity contribution in [1.82, 2.24) is 4.90 Å². The Kier molecular flexibility index (Phi) is 5.10. The van der Waals surface area contributed by atoms with Gasteiger partial charge >= 0.3 is 0 Å². The van der Waals surface area contributed by atoms with Crippen molar-refractivity contribution in [1.29, 1.82) is 0 Å². The van der Waals surface area contributed by atoms with Crippen LogP contribution in [0.4, 0.5) is 5.69 Å². The Morgan fingerprint density at radius 2 is 1.64 bits per heavy atom. The van der Waals surface area contributed by atoms with Crippen LogP contribution in [0.2, 0.25) is 0 Å². The SMILES string of the molecule is COc1ccc(N2CCN(C(=O)Cc3coc4cc(OC)ccc34)CC2)cc1. The molecule has 1 fully saturated rings. The summed E-state index contributed by atoms with van der Waals surface area (Å²) in [6.45, 7) is 3.08. The molecule has 2 aromatic carbocycles. The second-order valence-corrected chi connectivity index (χ2v) is 6.87. The van der Waals surface area contributed by atoms with Gasteiger partial charge in [0.05, 0.1) is 26.9 Å². The third-order valence-electron chi connectivity index (χ3n) is 5.27. The first kappa shape index (κ1) is 18.2. The summed E-state index contributed by atoms with van der Waals surface area (Å²) in [6, 6.07) is 13.7. The minimum absolute atomic E-state index is 0.132. The van der Waals surface area contributed by atoms with E-state index in [1.54, 1.807) is 20.5 Å². The maximum absolute atomic E-state index is 12.8. The number of amides is 1. The average molecular weight is 380 g/mol. The van der Waals surface area contributed by atoms with Crippen LogP contribution in [0.5, 0.6) is 11.5 Å². The molecular formula is C22H24N2O4. The highest BCUT2D eigenvalue weighted by Crippen LogP contribution is 2.26. The van der Waals surface area contributed by atoms with Crippen LogP contribution in [-0.4, -0.2) is 51.2 Å². The Labute approximate surface area is 164 Å². The van der Waals surface area contributed by atoms with Gasteiger partial charge in [-0.15, -0.1) is 0 Å². The van der Waals surface area contributed by atoms with Gasteiger partial charge in [0, 0.05) is 48.9 Å². The normalized spacial score (nSPS) is 14.4. The van der Waals surface area contributed by atoms with E-state index in [9.17, 15) is 4.79 Å². The Morgan fingerprint density at radius 1 is 0.964 bits per heavy atom. The molecule has 0 atom stereocenters. The highest BCUT2D eigenvalue weighted by atomic mass is 16.5. The van der Waals surface area contributed by atoms with Crippen molar-refractivity contribution in [3.63, 3.8) is 0 Å². The molecule has 1 amide bonds. The van der Waals surface area contributed by atoms with Crippen LogP contribution in [-0.2, 0) is 11.2 Å². The summed E-state index contributed by atoms with van der Waals surface area (Å²) < 4.78 is 16.0. The predicted molar refractivity (Wildman–Crippen MR) is 108 cm³/mol. The van der Waals surface area contributed by atoms with Gasteiger partial charge < -0.3 is 23.7 Å². The average Bonchev–Trinajstić information content (AvgIpc) is 3.15. The highest BCUT2D eigenvalue weighted by molar-refractivity contribution is 5.88. The second-order valence-electron chi connectivity index (χ2n) is 6.87. The van der Waals surface area contributed by atoms with E-state index in [0.29, 0.717) is 19.5 Å². The van der Waals surface area contributed by atoms with Gasteiger partial charge in [-0.25, -0.2) is 0 Å². The van der Waals surface area contributed by atoms with Gasteiger partial charge in [0.25, 0.3) is 0 Å². The van der Waals surface area contributed by atoms with Crippen LogP contribution in [0.15, 0.2) is 53.1 Å². The summed E-state index contributed by atoms with van der Waals surface area (Å²) in [6.07, 6.45) is 2.03. The molecule has 3 aromatic rings. The number of fused-ring (bicyclic) bond motifs is 1. The summed E-state index contributed by atoms with van der Waals surface area (Å²) >= 11 is 0. The molecule has 4 rings (SSSR count). The Bertz CT molecular complexity index is 956. The summed E-state index contributed by atoms with van der Waals surface area (Å²) in [5, 5.41) is 0.964. The van der Waals surface area contributed by atoms with E-state index >= 15 is 0 Å². The Morgan fingerprint density at radius 3 is 2.32 bits per heavy atom. The van der Waals surface area contributed by atoms with Crippen LogP contribution < -0.4 is 14.4 Å². The van der Waals surface area contributed by atoms with Gasteiger partial charge in [-0.1, -0.05) is 0 Å². The fourth-order valence-electron chi connectivity index (χ4n) is 3.61. The number of carbonyl (C=O) groups is 1. The van der Waals surface area contributed by atoms with E-state index in [1.807, 2.05) is 35.2 Å². The molecule has 28 heavy (non-hydrogen) atoms. The Balaban J connectivity index is 1.37. The highest BCUT2D eigenvalue weighted by Gasteiger charge is 2.22. The summed E-state index contributed by atoms with van der Waals surface area (Å²) in [4.78, 5) is 17.0. The van der Waals surface area contributed by atoms with Crippen molar-refractivity contribution in [2.24, 2.45) is 0 Å². The molecule has 0 spiro atoms. The number of nitrogens with zero attached hydrogens (tertiary/aromatic N) is 2. The molecule has 1 aliphatic rings. The van der Waals surface area contributed by atoms with Crippen molar-refractivity contribution in [3.05, 3.63) is 54.3 Å². The number of furan rings is 1. The first-order chi connectivity index (χ1) is 13.7. The van der Waals surface area contributed by atoms with Gasteiger partial charge in [-0.2, -0.15) is 0 Å². The largest absolute Gasteiger partial charge is 0.497 e. The molecule has 1 saturated heterocycles. The lowest BCUT2D eigenvalue weighted by atomic mass is 10.1. The number of piperazine rings is 1. The molecule has 6 nitrogen and oxygen atoms in total. The lowest BCUT2D eigenvalue weighted by Crippen LogP contribution is -2.49. The van der Waals surface area contributed by atoms with E-state index in [2.05, 4.69) is 17.0 Å². The van der Waals surface area contributed by atoms with Crippen LogP contribution in [0.3, 0.4) is 0 Å². The van der Waals surface area contributed by atoms with Crippen LogP contribution in [0, 0.1) is 0 Å². The maximum Gasteiger partial charge on any atom is 0.227 e. The quantitative estimate of drug-likeness (QED) is 0.680. The molecule has 0 bridgehead atoms. The number of rotatable bonds is 5. The molecule has 0 saturated carbocycles. The zero-order valence-electron chi connectivity index (χ0n) is 16.2. The number of benzene rings is 2. The number of anilines is 1. The van der Waals surface area contributed by atoms with Crippen molar-refractivity contribution in [2.75, 3.05) is 45.3 Å². The van der Waals surface area contributed by atoms with Crippen LogP contribution in [0.25, 0.3) is 11.0 Å². The number of hydrogen-bond acceptors (Lipinski definition) is 5. The monoisotopic (exact) mass is 380 g/mol. The third-order valence-corrected chi connectivity index (χ3v) is 5.27. The van der Waals surface area contributed by atoms with Gasteiger partial charge in [0.15, 0.2) is 0 Å². The lowest BCUT2D eigenvalue weighted by molar-refractivity contribution is -0.130. The standard InChI is InChI=1S/C22H24N2O4/c1-26-18-5-3-17(4-6-18)23-9-11-24(12-10-23)22(25)13-16-15-28-21-14-19(27-2)7-8-20(16)21/h3-8,14-15H,9-13H2,1-2H3. The third kappa shape index (κ3) is 3.63. The molecule has 0 unspecified atom stereocenters. The summed E-state index contributed by atoms with van der Waals surface area (Å²) in [5.74, 6) is 1.73. The zero-order valence-corrected chi connectivity index (χ0v) is 16.2. The smallest absolute Gasteiger partial charge is 0.227 e. The molecular weight excluding hydrogens is 356 g/mol. The number of carbonyl (C=O) groups excluding carboxylic acids is 1. The molecule has 146 valence electrons. The molecule has 1 aromatic heterocycles. The minimum atomic E-state index is 0.132. The first-order valence-corrected chi connectivity index (χ1v) is 9.39. The molecule has 2 heterocycles. The van der Waals surface area contributed by atoms with Crippen molar-refractivity contribution in [3.8, 4) is 11.5 Å². The molecule has 1 aliphatic heterocycles. The number of methoxy groups -OCH3 is 2. The van der Waals surface area contributed by atoms with Gasteiger partial charge in [-0.3, -0.25) is 4.79 Å². The number of hydrogen-bond donors (Lipinski definition) is 0. The van der Waals surface area contributed by atoms with E-state index in [0.717, 1.165) is 46.8 Å². The van der Waals surface area contributed by atoms with Gasteiger partial charge in [-0.05, 0) is 36.4 Å².